The maximum atomic E-state index is 12.6. The number of hydrogen-bond acceptors (Lipinski definition) is 5. The molecule has 0 spiro atoms. The van der Waals surface area contributed by atoms with Gasteiger partial charge >= 0.3 is 0 Å². The predicted molar refractivity (Wildman–Crippen MR) is 138 cm³/mol. The first kappa shape index (κ1) is 24.1. The molecule has 4 rings (SSSR count). The van der Waals surface area contributed by atoms with Gasteiger partial charge in [0.2, 0.25) is 11.8 Å². The lowest BCUT2D eigenvalue weighted by Gasteiger charge is -2.28. The summed E-state index contributed by atoms with van der Waals surface area (Å²) in [6, 6.07) is 17.2. The summed E-state index contributed by atoms with van der Waals surface area (Å²) in [6.45, 7) is 3.98. The average Bonchev–Trinajstić information content (AvgIpc) is 3.52. The van der Waals surface area contributed by atoms with Gasteiger partial charge in [-0.15, -0.1) is 11.3 Å². The lowest BCUT2D eigenvalue weighted by Crippen LogP contribution is -2.36. The first-order valence-electron chi connectivity index (χ1n) is 11.3. The Hall–Kier alpha value is -3.00. The third kappa shape index (κ3) is 5.91. The largest absolute Gasteiger partial charge is 0.351 e. The zero-order valence-corrected chi connectivity index (χ0v) is 20.6. The molecule has 2 aromatic carbocycles. The number of hydrogen-bond donors (Lipinski definition) is 1. The summed E-state index contributed by atoms with van der Waals surface area (Å²) in [5.74, 6) is -0.321. The van der Waals surface area contributed by atoms with Crippen LogP contribution >= 0.6 is 22.9 Å². The van der Waals surface area contributed by atoms with Crippen molar-refractivity contribution in [3.63, 3.8) is 0 Å². The average molecular weight is 495 g/mol. The highest BCUT2D eigenvalue weighted by atomic mass is 35.5. The van der Waals surface area contributed by atoms with E-state index < -0.39 is 0 Å². The molecule has 8 heteroatoms. The first-order chi connectivity index (χ1) is 16.5. The number of halogens is 1. The second-order valence-electron chi connectivity index (χ2n) is 8.10. The van der Waals surface area contributed by atoms with Crippen LogP contribution in [0.4, 0.5) is 10.8 Å². The van der Waals surface area contributed by atoms with E-state index in [1.54, 1.807) is 11.0 Å². The van der Waals surface area contributed by atoms with Crippen molar-refractivity contribution < 1.29 is 9.59 Å². The van der Waals surface area contributed by atoms with E-state index in [1.807, 2.05) is 60.0 Å². The molecule has 34 heavy (non-hydrogen) atoms. The normalized spacial score (nSPS) is 14.9. The van der Waals surface area contributed by atoms with Gasteiger partial charge in [0, 0.05) is 29.9 Å². The second kappa shape index (κ2) is 11.4. The van der Waals surface area contributed by atoms with E-state index in [2.05, 4.69) is 15.2 Å². The number of nitrogens with zero attached hydrogens (tertiary/aromatic N) is 3. The Balaban J connectivity index is 1.41. The molecular weight excluding hydrogens is 468 g/mol. The topological polar surface area (TPSA) is 65.5 Å². The highest BCUT2D eigenvalue weighted by Gasteiger charge is 2.25. The van der Waals surface area contributed by atoms with Crippen LogP contribution in [0.1, 0.15) is 37.1 Å². The minimum Gasteiger partial charge on any atom is -0.351 e. The van der Waals surface area contributed by atoms with E-state index in [9.17, 15) is 9.59 Å². The maximum Gasteiger partial charge on any atom is 0.244 e. The summed E-state index contributed by atoms with van der Waals surface area (Å²) in [4.78, 5) is 33.3. The van der Waals surface area contributed by atoms with Crippen LogP contribution in [0.3, 0.4) is 0 Å². The Bertz CT molecular complexity index is 1160. The maximum absolute atomic E-state index is 12.6. The second-order valence-corrected chi connectivity index (χ2v) is 9.35. The monoisotopic (exact) mass is 494 g/mol. The molecule has 1 atom stereocenters. The molecule has 2 heterocycles. The predicted octanol–water partition coefficient (Wildman–Crippen LogP) is 5.45. The van der Waals surface area contributed by atoms with Gasteiger partial charge in [0.1, 0.15) is 0 Å². The molecule has 2 amide bonds. The van der Waals surface area contributed by atoms with Crippen molar-refractivity contribution in [3.05, 3.63) is 82.3 Å². The van der Waals surface area contributed by atoms with Crippen molar-refractivity contribution in [1.29, 1.82) is 0 Å². The Labute approximate surface area is 208 Å². The number of likely N-dealkylation sites (tertiary alicyclic amines) is 1. The molecule has 1 aliphatic heterocycles. The van der Waals surface area contributed by atoms with Crippen molar-refractivity contribution in [2.45, 2.75) is 25.8 Å². The van der Waals surface area contributed by atoms with Crippen LogP contribution in [0, 0.1) is 0 Å². The van der Waals surface area contributed by atoms with Crippen molar-refractivity contribution in [2.24, 2.45) is 0 Å². The lowest BCUT2D eigenvalue weighted by atomic mass is 10.1. The van der Waals surface area contributed by atoms with Crippen molar-refractivity contribution in [3.8, 4) is 0 Å². The van der Waals surface area contributed by atoms with E-state index in [1.165, 1.54) is 24.3 Å². The highest BCUT2D eigenvalue weighted by Crippen LogP contribution is 2.30. The van der Waals surface area contributed by atoms with Gasteiger partial charge in [-0.1, -0.05) is 48.0 Å². The van der Waals surface area contributed by atoms with Crippen LogP contribution in [-0.2, 0) is 9.59 Å². The number of para-hydroxylation sites is 1. The standard InChI is InChI=1S/C26H27ClN4O2S/c1-19(32)31(21-9-3-2-4-10-21)26-29-20(18-34-26)13-14-25(33)28-17-24(30-15-7-8-16-30)22-11-5-6-12-23(22)27/h2-6,9-14,18,24H,7-8,15-17H2,1H3,(H,28,33)/b14-13+. The number of benzene rings is 2. The molecule has 6 nitrogen and oxygen atoms in total. The SMILES string of the molecule is CC(=O)N(c1ccccc1)c1nc(/C=C/C(=O)NCC(c2ccccc2Cl)N2CCCC2)cs1. The van der Waals surface area contributed by atoms with Gasteiger partial charge in [-0.25, -0.2) is 4.98 Å². The number of carbonyl (C=O) groups excluding carboxylic acids is 2. The molecule has 1 saturated heterocycles. The van der Waals surface area contributed by atoms with Crippen LogP contribution in [0.2, 0.25) is 5.02 Å². The Morgan fingerprint density at radius 2 is 1.85 bits per heavy atom. The number of amides is 2. The summed E-state index contributed by atoms with van der Waals surface area (Å²) in [6.07, 6.45) is 5.45. The smallest absolute Gasteiger partial charge is 0.244 e. The molecule has 0 aliphatic carbocycles. The molecular formula is C26H27ClN4O2S. The third-order valence-electron chi connectivity index (χ3n) is 5.75. The zero-order chi connectivity index (χ0) is 23.9. The van der Waals surface area contributed by atoms with E-state index in [-0.39, 0.29) is 17.9 Å². The highest BCUT2D eigenvalue weighted by molar-refractivity contribution is 7.14. The molecule has 176 valence electrons. The number of anilines is 2. The first-order valence-corrected chi connectivity index (χ1v) is 12.5. The van der Waals surface area contributed by atoms with Crippen LogP contribution in [0.5, 0.6) is 0 Å². The molecule has 1 N–H and O–H groups in total. The van der Waals surface area contributed by atoms with Crippen molar-refractivity contribution >= 4 is 51.6 Å². The number of carbonyl (C=O) groups is 2. The third-order valence-corrected chi connectivity index (χ3v) is 6.94. The van der Waals surface area contributed by atoms with Gasteiger partial charge < -0.3 is 5.32 Å². The molecule has 1 fully saturated rings. The van der Waals surface area contributed by atoms with E-state index in [4.69, 9.17) is 11.6 Å². The Kier molecular flexibility index (Phi) is 8.11. The van der Waals surface area contributed by atoms with E-state index in [0.717, 1.165) is 37.2 Å². The molecule has 0 radical (unpaired) electrons. The van der Waals surface area contributed by atoms with E-state index in [0.29, 0.717) is 22.4 Å². The molecule has 1 aromatic heterocycles. The Morgan fingerprint density at radius 1 is 1.15 bits per heavy atom. The van der Waals surface area contributed by atoms with Crippen molar-refractivity contribution in [2.75, 3.05) is 24.5 Å². The fourth-order valence-corrected chi connectivity index (χ4v) is 5.23. The fourth-order valence-electron chi connectivity index (χ4n) is 4.11. The van der Waals surface area contributed by atoms with Gasteiger partial charge in [-0.2, -0.15) is 0 Å². The van der Waals surface area contributed by atoms with Gasteiger partial charge in [0.25, 0.3) is 0 Å². The zero-order valence-electron chi connectivity index (χ0n) is 19.0. The van der Waals surface area contributed by atoms with Crippen LogP contribution in [0.25, 0.3) is 6.08 Å². The van der Waals surface area contributed by atoms with Crippen molar-refractivity contribution in [1.82, 2.24) is 15.2 Å². The summed E-state index contributed by atoms with van der Waals surface area (Å²) in [5, 5.41) is 6.12. The van der Waals surface area contributed by atoms with Gasteiger partial charge in [-0.05, 0) is 55.8 Å². The molecule has 1 aliphatic rings. The minimum absolute atomic E-state index is 0.0365. The van der Waals surface area contributed by atoms with Crippen LogP contribution in [0.15, 0.2) is 66.1 Å². The van der Waals surface area contributed by atoms with E-state index >= 15 is 0 Å². The molecule has 0 bridgehead atoms. The summed E-state index contributed by atoms with van der Waals surface area (Å²) in [7, 11) is 0. The van der Waals surface area contributed by atoms with Gasteiger partial charge in [0.05, 0.1) is 17.4 Å². The summed E-state index contributed by atoms with van der Waals surface area (Å²) < 4.78 is 0. The quantitative estimate of drug-likeness (QED) is 0.423. The minimum atomic E-state index is -0.197. The number of nitrogens with one attached hydrogen (secondary N) is 1. The summed E-state index contributed by atoms with van der Waals surface area (Å²) in [5.41, 5.74) is 2.41. The van der Waals surface area contributed by atoms with Crippen LogP contribution < -0.4 is 10.2 Å². The lowest BCUT2D eigenvalue weighted by molar-refractivity contribution is -0.117. The number of aromatic nitrogens is 1. The molecule has 1 unspecified atom stereocenters. The van der Waals surface area contributed by atoms with Gasteiger partial charge in [-0.3, -0.25) is 19.4 Å². The number of rotatable bonds is 8. The Morgan fingerprint density at radius 3 is 2.56 bits per heavy atom. The fraction of sp³-hybridized carbons (Fsp3) is 0.269. The summed E-state index contributed by atoms with van der Waals surface area (Å²) >= 11 is 7.82. The number of thiazole rings is 1. The van der Waals surface area contributed by atoms with Crippen LogP contribution in [-0.4, -0.2) is 41.3 Å². The molecule has 0 saturated carbocycles. The van der Waals surface area contributed by atoms with Gasteiger partial charge in [0.15, 0.2) is 5.13 Å². The molecule has 3 aromatic rings.